The number of carbonyl (C=O) groups excluding carboxylic acids is 1. The van der Waals surface area contributed by atoms with Gasteiger partial charge < -0.3 is 9.47 Å². The molecule has 66 valence electrons. The van der Waals surface area contributed by atoms with Gasteiger partial charge in [-0.2, -0.15) is 5.26 Å². The van der Waals surface area contributed by atoms with Crippen LogP contribution in [0.2, 0.25) is 0 Å². The minimum absolute atomic E-state index is 0.159. The Morgan fingerprint density at radius 1 is 1.75 bits per heavy atom. The molecule has 4 nitrogen and oxygen atoms in total. The lowest BCUT2D eigenvalue weighted by Gasteiger charge is -2.23. The van der Waals surface area contributed by atoms with E-state index in [9.17, 15) is 4.79 Å². The van der Waals surface area contributed by atoms with Crippen molar-refractivity contribution in [1.29, 1.82) is 5.26 Å². The lowest BCUT2D eigenvalue weighted by atomic mass is 9.96. The maximum atomic E-state index is 11.0. The van der Waals surface area contributed by atoms with Crippen molar-refractivity contribution in [3.05, 3.63) is 0 Å². The summed E-state index contributed by atoms with van der Waals surface area (Å²) in [4.78, 5) is 11.0. The van der Waals surface area contributed by atoms with Gasteiger partial charge in [-0.1, -0.05) is 0 Å². The fourth-order valence-electron chi connectivity index (χ4n) is 1.27. The van der Waals surface area contributed by atoms with Gasteiger partial charge in [-0.25, -0.2) is 0 Å². The molecule has 1 saturated heterocycles. The Balaban J connectivity index is 2.47. The molecule has 1 aliphatic heterocycles. The lowest BCUT2D eigenvalue weighted by molar-refractivity contribution is -0.149. The summed E-state index contributed by atoms with van der Waals surface area (Å²) in [6.45, 7) is 0.470. The maximum Gasteiger partial charge on any atom is 0.308 e. The fourth-order valence-corrected chi connectivity index (χ4v) is 1.27. The summed E-state index contributed by atoms with van der Waals surface area (Å²) in [7, 11) is 1.36. The van der Waals surface area contributed by atoms with Crippen molar-refractivity contribution in [1.82, 2.24) is 0 Å². The largest absolute Gasteiger partial charge is 0.469 e. The zero-order valence-corrected chi connectivity index (χ0v) is 6.95. The summed E-state index contributed by atoms with van der Waals surface area (Å²) in [6, 6.07) is 1.98. The Labute approximate surface area is 71.1 Å². The van der Waals surface area contributed by atoms with E-state index in [0.29, 0.717) is 19.4 Å². The van der Waals surface area contributed by atoms with E-state index in [2.05, 4.69) is 4.74 Å². The molecular formula is C8H11NO3. The predicted octanol–water partition coefficient (Wildman–Crippen LogP) is 0.478. The van der Waals surface area contributed by atoms with Crippen LogP contribution in [0.15, 0.2) is 0 Å². The first-order chi connectivity index (χ1) is 5.77. The number of methoxy groups -OCH3 is 1. The van der Waals surface area contributed by atoms with Gasteiger partial charge in [-0.3, -0.25) is 4.79 Å². The van der Waals surface area contributed by atoms with Crippen LogP contribution in [0.25, 0.3) is 0 Å². The topological polar surface area (TPSA) is 59.3 Å². The first kappa shape index (κ1) is 9.01. The van der Waals surface area contributed by atoms with Gasteiger partial charge in [0.05, 0.1) is 19.1 Å². The smallest absolute Gasteiger partial charge is 0.308 e. The Hall–Kier alpha value is -1.08. The summed E-state index contributed by atoms with van der Waals surface area (Å²) in [5.41, 5.74) is 0. The number of hydrogen-bond acceptors (Lipinski definition) is 4. The SMILES string of the molecule is COC(=O)C1CCOC(C#N)C1. The molecule has 0 amide bonds. The third kappa shape index (κ3) is 1.95. The Kier molecular flexibility index (Phi) is 3.06. The molecule has 1 rings (SSSR count). The van der Waals surface area contributed by atoms with Gasteiger partial charge in [0.2, 0.25) is 0 Å². The number of rotatable bonds is 1. The Morgan fingerprint density at radius 2 is 2.50 bits per heavy atom. The molecule has 0 spiro atoms. The predicted molar refractivity (Wildman–Crippen MR) is 40.1 cm³/mol. The molecule has 12 heavy (non-hydrogen) atoms. The van der Waals surface area contributed by atoms with Gasteiger partial charge in [0, 0.05) is 13.0 Å². The van der Waals surface area contributed by atoms with Crippen molar-refractivity contribution in [3.63, 3.8) is 0 Å². The van der Waals surface area contributed by atoms with E-state index in [1.807, 2.05) is 6.07 Å². The van der Waals surface area contributed by atoms with Crippen molar-refractivity contribution in [2.75, 3.05) is 13.7 Å². The summed E-state index contributed by atoms with van der Waals surface area (Å²) < 4.78 is 9.66. The first-order valence-electron chi connectivity index (χ1n) is 3.87. The molecule has 1 fully saturated rings. The van der Waals surface area contributed by atoms with E-state index in [4.69, 9.17) is 10.00 Å². The summed E-state index contributed by atoms with van der Waals surface area (Å²) in [5, 5.41) is 8.54. The van der Waals surface area contributed by atoms with Crippen LogP contribution in [0, 0.1) is 17.2 Å². The minimum atomic E-state index is -0.442. The monoisotopic (exact) mass is 169 g/mol. The van der Waals surface area contributed by atoms with E-state index in [-0.39, 0.29) is 11.9 Å². The fraction of sp³-hybridized carbons (Fsp3) is 0.750. The maximum absolute atomic E-state index is 11.0. The van der Waals surface area contributed by atoms with E-state index < -0.39 is 6.10 Å². The van der Waals surface area contributed by atoms with Gasteiger partial charge in [0.15, 0.2) is 0 Å². The molecule has 0 aromatic rings. The zero-order valence-electron chi connectivity index (χ0n) is 6.95. The van der Waals surface area contributed by atoms with Gasteiger partial charge >= 0.3 is 5.97 Å². The van der Waals surface area contributed by atoms with Crippen LogP contribution in [0.5, 0.6) is 0 Å². The van der Waals surface area contributed by atoms with E-state index in [1.54, 1.807) is 0 Å². The summed E-state index contributed by atoms with van der Waals surface area (Å²) in [6.07, 6.45) is 0.677. The Morgan fingerprint density at radius 3 is 3.08 bits per heavy atom. The highest BCUT2D eigenvalue weighted by atomic mass is 16.5. The molecular weight excluding hydrogens is 158 g/mol. The average molecular weight is 169 g/mol. The van der Waals surface area contributed by atoms with E-state index in [0.717, 1.165) is 0 Å². The number of hydrogen-bond donors (Lipinski definition) is 0. The molecule has 0 radical (unpaired) electrons. The molecule has 2 unspecified atom stereocenters. The minimum Gasteiger partial charge on any atom is -0.469 e. The van der Waals surface area contributed by atoms with E-state index in [1.165, 1.54) is 7.11 Å². The number of esters is 1. The van der Waals surface area contributed by atoms with Crippen molar-refractivity contribution >= 4 is 5.97 Å². The second kappa shape index (κ2) is 4.07. The number of carbonyl (C=O) groups is 1. The van der Waals surface area contributed by atoms with Crippen LogP contribution in [0.3, 0.4) is 0 Å². The number of ether oxygens (including phenoxy) is 2. The molecule has 0 N–H and O–H groups in total. The molecule has 1 aliphatic rings. The van der Waals surface area contributed by atoms with Crippen LogP contribution in [-0.2, 0) is 14.3 Å². The third-order valence-corrected chi connectivity index (χ3v) is 1.96. The summed E-state index contributed by atoms with van der Waals surface area (Å²) in [5.74, 6) is -0.396. The normalized spacial score (nSPS) is 29.0. The molecule has 2 atom stereocenters. The quantitative estimate of drug-likeness (QED) is 0.535. The van der Waals surface area contributed by atoms with E-state index >= 15 is 0 Å². The molecule has 0 aromatic carbocycles. The standard InChI is InChI=1S/C8H11NO3/c1-11-8(10)6-2-3-12-7(4-6)5-9/h6-7H,2-4H2,1H3. The number of nitriles is 1. The molecule has 0 aromatic heterocycles. The molecule has 0 saturated carbocycles. The van der Waals surface area contributed by atoms with Crippen LogP contribution < -0.4 is 0 Å². The Bertz CT molecular complexity index is 209. The highest BCUT2D eigenvalue weighted by Gasteiger charge is 2.28. The average Bonchev–Trinajstić information content (AvgIpc) is 2.17. The first-order valence-corrected chi connectivity index (χ1v) is 3.87. The second-order valence-corrected chi connectivity index (χ2v) is 2.73. The second-order valence-electron chi connectivity index (χ2n) is 2.73. The van der Waals surface area contributed by atoms with Gasteiger partial charge in [-0.05, 0) is 6.42 Å². The van der Waals surface area contributed by atoms with Crippen LogP contribution in [-0.4, -0.2) is 25.8 Å². The third-order valence-electron chi connectivity index (χ3n) is 1.96. The summed E-state index contributed by atoms with van der Waals surface area (Å²) >= 11 is 0. The van der Waals surface area contributed by atoms with Crippen molar-refractivity contribution < 1.29 is 14.3 Å². The molecule has 0 bridgehead atoms. The van der Waals surface area contributed by atoms with Crippen molar-refractivity contribution in [2.45, 2.75) is 18.9 Å². The van der Waals surface area contributed by atoms with Crippen LogP contribution >= 0.6 is 0 Å². The molecule has 1 heterocycles. The molecule has 4 heteroatoms. The van der Waals surface area contributed by atoms with Gasteiger partial charge in [-0.15, -0.1) is 0 Å². The van der Waals surface area contributed by atoms with Gasteiger partial charge in [0.1, 0.15) is 6.10 Å². The van der Waals surface area contributed by atoms with Gasteiger partial charge in [0.25, 0.3) is 0 Å². The highest BCUT2D eigenvalue weighted by Crippen LogP contribution is 2.20. The van der Waals surface area contributed by atoms with Crippen LogP contribution in [0.1, 0.15) is 12.8 Å². The molecule has 0 aliphatic carbocycles. The lowest BCUT2D eigenvalue weighted by Crippen LogP contribution is -2.29. The van der Waals surface area contributed by atoms with Crippen molar-refractivity contribution in [2.24, 2.45) is 5.92 Å². The van der Waals surface area contributed by atoms with Crippen LogP contribution in [0.4, 0.5) is 0 Å². The van der Waals surface area contributed by atoms with Crippen molar-refractivity contribution in [3.8, 4) is 6.07 Å². The highest BCUT2D eigenvalue weighted by molar-refractivity contribution is 5.72. The number of nitrogens with zero attached hydrogens (tertiary/aromatic N) is 1. The zero-order chi connectivity index (χ0) is 8.97.